The zero-order valence-electron chi connectivity index (χ0n) is 17.3. The first kappa shape index (κ1) is 19.2. The highest BCUT2D eigenvalue weighted by atomic mass is 16.2. The number of fused-ring (bicyclic) bond motifs is 2. The molecule has 1 atom stereocenters. The smallest absolute Gasteiger partial charge is 0.275 e. The van der Waals surface area contributed by atoms with Crippen molar-refractivity contribution in [3.8, 4) is 0 Å². The third-order valence-electron chi connectivity index (χ3n) is 6.13. The highest BCUT2D eigenvalue weighted by Gasteiger charge is 2.32. The van der Waals surface area contributed by atoms with Crippen molar-refractivity contribution in [2.45, 2.75) is 39.2 Å². The average molecular weight is 418 g/mol. The Morgan fingerprint density at radius 1 is 1.19 bits per heavy atom. The number of carbonyl (C=O) groups is 1. The molecule has 0 saturated carbocycles. The number of amides is 1. The Labute approximate surface area is 176 Å². The van der Waals surface area contributed by atoms with Crippen LogP contribution in [0.2, 0.25) is 0 Å². The molecule has 0 bridgehead atoms. The maximum Gasteiger partial charge on any atom is 0.275 e. The minimum absolute atomic E-state index is 0.0708. The van der Waals surface area contributed by atoms with E-state index in [0.29, 0.717) is 39.9 Å². The van der Waals surface area contributed by atoms with E-state index in [2.05, 4.69) is 20.3 Å². The largest absolute Gasteiger partial charge is 0.334 e. The summed E-state index contributed by atoms with van der Waals surface area (Å²) in [7, 11) is 0. The summed E-state index contributed by atoms with van der Waals surface area (Å²) in [6.45, 7) is 4.20. The van der Waals surface area contributed by atoms with Crippen LogP contribution in [0.5, 0.6) is 0 Å². The number of carbonyl (C=O) groups excluding carboxylic acids is 1. The van der Waals surface area contributed by atoms with Gasteiger partial charge in [0.25, 0.3) is 11.1 Å². The third kappa shape index (κ3) is 3.13. The van der Waals surface area contributed by atoms with E-state index in [9.17, 15) is 14.4 Å². The van der Waals surface area contributed by atoms with E-state index in [1.165, 1.54) is 4.52 Å². The second-order valence-corrected chi connectivity index (χ2v) is 8.00. The molecule has 1 fully saturated rings. The predicted molar refractivity (Wildman–Crippen MR) is 115 cm³/mol. The van der Waals surface area contributed by atoms with Gasteiger partial charge >= 0.3 is 0 Å². The van der Waals surface area contributed by atoms with E-state index in [0.717, 1.165) is 18.5 Å². The summed E-state index contributed by atoms with van der Waals surface area (Å²) in [4.78, 5) is 44.1. The SMILES string of the molecule is Cc1nc2cc(C3CCCN3C(=O)Cc3n[nH]c(=O)c4ccccc34)[nH]n2c(=O)c1C. The number of rotatable bonds is 3. The number of hydrogen-bond donors (Lipinski definition) is 2. The Kier molecular flexibility index (Phi) is 4.46. The minimum Gasteiger partial charge on any atom is -0.334 e. The van der Waals surface area contributed by atoms with Gasteiger partial charge < -0.3 is 4.90 Å². The van der Waals surface area contributed by atoms with E-state index in [1.807, 2.05) is 30.0 Å². The molecule has 0 radical (unpaired) electrons. The fourth-order valence-electron chi connectivity index (χ4n) is 4.35. The number of nitrogens with zero attached hydrogens (tertiary/aromatic N) is 4. The van der Waals surface area contributed by atoms with E-state index in [1.54, 1.807) is 19.1 Å². The Morgan fingerprint density at radius 2 is 1.97 bits per heavy atom. The maximum atomic E-state index is 13.2. The highest BCUT2D eigenvalue weighted by molar-refractivity contribution is 5.88. The molecule has 9 nitrogen and oxygen atoms in total. The first-order valence-electron chi connectivity index (χ1n) is 10.3. The van der Waals surface area contributed by atoms with Crippen LogP contribution in [0.1, 0.15) is 41.5 Å². The van der Waals surface area contributed by atoms with Crippen molar-refractivity contribution in [2.24, 2.45) is 0 Å². The fourth-order valence-corrected chi connectivity index (χ4v) is 4.35. The van der Waals surface area contributed by atoms with Crippen molar-refractivity contribution in [1.29, 1.82) is 0 Å². The number of benzene rings is 1. The lowest BCUT2D eigenvalue weighted by atomic mass is 10.1. The molecular formula is C22H22N6O3. The Morgan fingerprint density at radius 3 is 2.77 bits per heavy atom. The van der Waals surface area contributed by atoms with Gasteiger partial charge in [-0.2, -0.15) is 5.10 Å². The van der Waals surface area contributed by atoms with Gasteiger partial charge in [-0.15, -0.1) is 0 Å². The fraction of sp³-hybridized carbons (Fsp3) is 0.318. The van der Waals surface area contributed by atoms with Crippen LogP contribution in [0.15, 0.2) is 39.9 Å². The number of hydrogen-bond acceptors (Lipinski definition) is 5. The van der Waals surface area contributed by atoms with Crippen molar-refractivity contribution in [1.82, 2.24) is 29.7 Å². The predicted octanol–water partition coefficient (Wildman–Crippen LogP) is 1.78. The number of aromatic amines is 2. The lowest BCUT2D eigenvalue weighted by Gasteiger charge is -2.23. The molecule has 4 heterocycles. The summed E-state index contributed by atoms with van der Waals surface area (Å²) in [6, 6.07) is 8.83. The van der Waals surface area contributed by atoms with Crippen LogP contribution >= 0.6 is 0 Å². The molecule has 1 aliphatic rings. The Hall–Kier alpha value is -3.75. The first-order valence-corrected chi connectivity index (χ1v) is 10.3. The molecule has 5 rings (SSSR count). The van der Waals surface area contributed by atoms with Crippen LogP contribution in [-0.4, -0.2) is 42.1 Å². The lowest BCUT2D eigenvalue weighted by Crippen LogP contribution is -2.32. The summed E-state index contributed by atoms with van der Waals surface area (Å²) in [5.74, 6) is -0.0708. The molecule has 4 aromatic rings. The molecule has 1 unspecified atom stereocenters. The molecule has 158 valence electrons. The van der Waals surface area contributed by atoms with Crippen molar-refractivity contribution in [3.63, 3.8) is 0 Å². The quantitative estimate of drug-likeness (QED) is 0.526. The molecule has 0 aliphatic carbocycles. The summed E-state index contributed by atoms with van der Waals surface area (Å²) < 4.78 is 1.44. The average Bonchev–Trinajstić information content (AvgIpc) is 3.41. The second-order valence-electron chi connectivity index (χ2n) is 8.00. The van der Waals surface area contributed by atoms with Crippen molar-refractivity contribution >= 4 is 22.3 Å². The molecule has 31 heavy (non-hydrogen) atoms. The van der Waals surface area contributed by atoms with Gasteiger partial charge in [0, 0.05) is 29.3 Å². The highest BCUT2D eigenvalue weighted by Crippen LogP contribution is 2.32. The summed E-state index contributed by atoms with van der Waals surface area (Å²) in [5.41, 5.74) is 2.79. The van der Waals surface area contributed by atoms with Crippen LogP contribution in [0.4, 0.5) is 0 Å². The van der Waals surface area contributed by atoms with Gasteiger partial charge in [0.1, 0.15) is 0 Å². The molecule has 2 N–H and O–H groups in total. The molecular weight excluding hydrogens is 396 g/mol. The van der Waals surface area contributed by atoms with Gasteiger partial charge in [-0.25, -0.2) is 14.6 Å². The number of nitrogens with one attached hydrogen (secondary N) is 2. The van der Waals surface area contributed by atoms with E-state index >= 15 is 0 Å². The topological polar surface area (TPSA) is 116 Å². The maximum absolute atomic E-state index is 13.2. The monoisotopic (exact) mass is 418 g/mol. The molecule has 1 aliphatic heterocycles. The summed E-state index contributed by atoms with van der Waals surface area (Å²) in [6.07, 6.45) is 1.75. The molecule has 3 aromatic heterocycles. The van der Waals surface area contributed by atoms with E-state index < -0.39 is 0 Å². The minimum atomic E-state index is -0.271. The second kappa shape index (κ2) is 7.19. The van der Waals surface area contributed by atoms with Gasteiger partial charge in [-0.05, 0) is 32.8 Å². The first-order chi connectivity index (χ1) is 14.9. The molecule has 1 aromatic carbocycles. The van der Waals surface area contributed by atoms with Crippen LogP contribution < -0.4 is 11.1 Å². The number of H-pyrrole nitrogens is 2. The number of aryl methyl sites for hydroxylation is 1. The number of likely N-dealkylation sites (tertiary alicyclic amines) is 1. The van der Waals surface area contributed by atoms with Gasteiger partial charge in [-0.1, -0.05) is 18.2 Å². The van der Waals surface area contributed by atoms with Crippen LogP contribution in [0, 0.1) is 13.8 Å². The van der Waals surface area contributed by atoms with Crippen molar-refractivity contribution in [3.05, 3.63) is 73.7 Å². The van der Waals surface area contributed by atoms with Crippen LogP contribution in [-0.2, 0) is 11.2 Å². The Bertz CT molecular complexity index is 1450. The third-order valence-corrected chi connectivity index (χ3v) is 6.13. The summed E-state index contributed by atoms with van der Waals surface area (Å²) >= 11 is 0. The molecule has 9 heteroatoms. The standard InChI is InChI=1S/C22H22N6O3/c1-12-13(2)23-19-10-17(26-28(19)22(12)31)18-8-5-9-27(18)20(29)11-16-14-6-3-4-7-15(14)21(30)25-24-16/h3-4,6-7,10,18,26H,5,8-9,11H2,1-2H3,(H,25,30). The Balaban J connectivity index is 1.47. The zero-order valence-corrected chi connectivity index (χ0v) is 17.3. The van der Waals surface area contributed by atoms with Crippen molar-refractivity contribution < 1.29 is 4.79 Å². The molecule has 0 spiro atoms. The van der Waals surface area contributed by atoms with Gasteiger partial charge in [-0.3, -0.25) is 19.5 Å². The van der Waals surface area contributed by atoms with Gasteiger partial charge in [0.05, 0.1) is 29.2 Å². The van der Waals surface area contributed by atoms with E-state index in [-0.39, 0.29) is 29.5 Å². The number of aromatic nitrogens is 5. The van der Waals surface area contributed by atoms with Crippen molar-refractivity contribution in [2.75, 3.05) is 6.54 Å². The molecule has 1 amide bonds. The van der Waals surface area contributed by atoms with Gasteiger partial charge in [0.15, 0.2) is 5.65 Å². The lowest BCUT2D eigenvalue weighted by molar-refractivity contribution is -0.131. The van der Waals surface area contributed by atoms with Gasteiger partial charge in [0.2, 0.25) is 5.91 Å². The molecule has 1 saturated heterocycles. The van der Waals surface area contributed by atoms with Crippen LogP contribution in [0.3, 0.4) is 0 Å². The van der Waals surface area contributed by atoms with Crippen LogP contribution in [0.25, 0.3) is 16.4 Å². The summed E-state index contributed by atoms with van der Waals surface area (Å²) in [5, 5.41) is 11.0. The normalized spacial score (nSPS) is 16.5. The zero-order chi connectivity index (χ0) is 21.7. The van der Waals surface area contributed by atoms with E-state index in [4.69, 9.17) is 0 Å².